The first-order valence-electron chi connectivity index (χ1n) is 6.96. The second-order valence-electron chi connectivity index (χ2n) is 5.80. The number of esters is 2. The van der Waals surface area contributed by atoms with Crippen molar-refractivity contribution in [3.8, 4) is 0 Å². The largest absolute Gasteiger partial charge is 0.468 e. The molecule has 0 aromatic carbocycles. The van der Waals surface area contributed by atoms with Crippen molar-refractivity contribution in [2.45, 2.75) is 39.2 Å². The molecule has 0 atom stereocenters. The molecular formula is C14H26N2O6. The maximum absolute atomic E-state index is 11.9. The minimum absolute atomic E-state index is 0.0959. The highest BCUT2D eigenvalue weighted by Gasteiger charge is 2.46. The number of nitrogens with one attached hydrogen (secondary N) is 1. The van der Waals surface area contributed by atoms with Gasteiger partial charge in [0.2, 0.25) is 0 Å². The highest BCUT2D eigenvalue weighted by atomic mass is 16.6. The van der Waals surface area contributed by atoms with Gasteiger partial charge in [0.15, 0.2) is 5.41 Å². The van der Waals surface area contributed by atoms with Crippen LogP contribution in [0.15, 0.2) is 0 Å². The number of ether oxygens (including phenoxy) is 3. The molecule has 8 nitrogen and oxygen atoms in total. The lowest BCUT2D eigenvalue weighted by molar-refractivity contribution is -0.169. The lowest BCUT2D eigenvalue weighted by Gasteiger charge is -2.26. The van der Waals surface area contributed by atoms with Gasteiger partial charge in [-0.2, -0.15) is 0 Å². The summed E-state index contributed by atoms with van der Waals surface area (Å²) in [6, 6.07) is 0. The Balaban J connectivity index is 4.57. The SMILES string of the molecule is COC(=O)C(CN)(CCCNC(=O)OC(C)(C)C)C(=O)OC. The molecule has 3 N–H and O–H groups in total. The molecule has 0 saturated carbocycles. The minimum atomic E-state index is -1.56. The van der Waals surface area contributed by atoms with E-state index in [4.69, 9.17) is 10.5 Å². The van der Waals surface area contributed by atoms with Crippen LogP contribution in [-0.2, 0) is 23.8 Å². The first kappa shape index (κ1) is 20.2. The number of hydrogen-bond acceptors (Lipinski definition) is 7. The van der Waals surface area contributed by atoms with Crippen molar-refractivity contribution in [1.82, 2.24) is 5.32 Å². The van der Waals surface area contributed by atoms with E-state index in [2.05, 4.69) is 14.8 Å². The van der Waals surface area contributed by atoms with E-state index in [0.29, 0.717) is 6.42 Å². The zero-order chi connectivity index (χ0) is 17.4. The first-order chi connectivity index (χ1) is 10.1. The molecule has 0 aliphatic heterocycles. The van der Waals surface area contributed by atoms with Gasteiger partial charge in [-0.15, -0.1) is 0 Å². The average Bonchev–Trinajstić information content (AvgIpc) is 2.44. The fourth-order valence-corrected chi connectivity index (χ4v) is 1.84. The fraction of sp³-hybridized carbons (Fsp3) is 0.786. The summed E-state index contributed by atoms with van der Waals surface area (Å²) in [6.07, 6.45) is -0.138. The summed E-state index contributed by atoms with van der Waals surface area (Å²) in [5.41, 5.74) is 3.42. The highest BCUT2D eigenvalue weighted by Crippen LogP contribution is 2.26. The van der Waals surface area contributed by atoms with Crippen molar-refractivity contribution in [1.29, 1.82) is 0 Å². The highest BCUT2D eigenvalue weighted by molar-refractivity contribution is 6.00. The van der Waals surface area contributed by atoms with Crippen molar-refractivity contribution in [3.63, 3.8) is 0 Å². The van der Waals surface area contributed by atoms with Crippen LogP contribution in [0.3, 0.4) is 0 Å². The van der Waals surface area contributed by atoms with Crippen LogP contribution in [0.4, 0.5) is 4.79 Å². The van der Waals surface area contributed by atoms with E-state index in [1.165, 1.54) is 14.2 Å². The molecule has 0 fully saturated rings. The first-order valence-corrected chi connectivity index (χ1v) is 6.96. The Morgan fingerprint density at radius 3 is 1.91 bits per heavy atom. The molecule has 0 heterocycles. The van der Waals surface area contributed by atoms with Crippen LogP contribution in [0.25, 0.3) is 0 Å². The minimum Gasteiger partial charge on any atom is -0.468 e. The fourth-order valence-electron chi connectivity index (χ4n) is 1.84. The van der Waals surface area contributed by atoms with Gasteiger partial charge >= 0.3 is 18.0 Å². The Morgan fingerprint density at radius 2 is 1.55 bits per heavy atom. The second kappa shape index (κ2) is 8.57. The lowest BCUT2D eigenvalue weighted by atomic mass is 9.83. The molecule has 0 rings (SSSR count). The molecule has 0 saturated heterocycles. The molecule has 22 heavy (non-hydrogen) atoms. The molecule has 1 amide bonds. The van der Waals surface area contributed by atoms with Crippen LogP contribution in [0, 0.1) is 5.41 Å². The average molecular weight is 318 g/mol. The van der Waals surface area contributed by atoms with Gasteiger partial charge in [-0.1, -0.05) is 0 Å². The molecule has 0 aromatic heterocycles. The van der Waals surface area contributed by atoms with Gasteiger partial charge in [0.1, 0.15) is 5.60 Å². The smallest absolute Gasteiger partial charge is 0.407 e. The number of amides is 1. The van der Waals surface area contributed by atoms with Crippen LogP contribution < -0.4 is 11.1 Å². The predicted octanol–water partition coefficient (Wildman–Crippen LogP) is 0.582. The van der Waals surface area contributed by atoms with E-state index in [-0.39, 0.29) is 19.5 Å². The summed E-state index contributed by atoms with van der Waals surface area (Å²) >= 11 is 0. The Hall–Kier alpha value is -1.83. The summed E-state index contributed by atoms with van der Waals surface area (Å²) in [7, 11) is 2.35. The molecule has 0 aromatic rings. The van der Waals surface area contributed by atoms with E-state index in [9.17, 15) is 14.4 Å². The summed E-state index contributed by atoms with van der Waals surface area (Å²) in [5, 5.41) is 2.54. The van der Waals surface area contributed by atoms with Crippen LogP contribution in [0.1, 0.15) is 33.6 Å². The topological polar surface area (TPSA) is 117 Å². The number of rotatable bonds is 7. The van der Waals surface area contributed by atoms with Crippen LogP contribution in [-0.4, -0.2) is 50.9 Å². The van der Waals surface area contributed by atoms with Crippen LogP contribution in [0.5, 0.6) is 0 Å². The van der Waals surface area contributed by atoms with Gasteiger partial charge in [0, 0.05) is 13.1 Å². The Kier molecular flexibility index (Phi) is 7.86. The van der Waals surface area contributed by atoms with Gasteiger partial charge in [-0.25, -0.2) is 4.79 Å². The van der Waals surface area contributed by atoms with Crippen molar-refractivity contribution in [2.24, 2.45) is 11.1 Å². The van der Waals surface area contributed by atoms with Gasteiger partial charge < -0.3 is 25.3 Å². The molecule has 0 aliphatic carbocycles. The molecular weight excluding hydrogens is 292 g/mol. The number of carbonyl (C=O) groups is 3. The van der Waals surface area contributed by atoms with Crippen molar-refractivity contribution >= 4 is 18.0 Å². The number of hydrogen-bond donors (Lipinski definition) is 2. The number of alkyl carbamates (subject to hydrolysis) is 1. The Bertz CT molecular complexity index is 387. The van der Waals surface area contributed by atoms with Gasteiger partial charge in [0.25, 0.3) is 0 Å². The molecule has 0 aliphatic rings. The van der Waals surface area contributed by atoms with Crippen molar-refractivity contribution in [2.75, 3.05) is 27.3 Å². The Labute approximate surface area is 130 Å². The van der Waals surface area contributed by atoms with Crippen LogP contribution >= 0.6 is 0 Å². The lowest BCUT2D eigenvalue weighted by Crippen LogP contribution is -2.47. The second-order valence-corrected chi connectivity index (χ2v) is 5.80. The molecule has 0 spiro atoms. The summed E-state index contributed by atoms with van der Waals surface area (Å²) < 4.78 is 14.4. The molecule has 8 heteroatoms. The maximum Gasteiger partial charge on any atom is 0.407 e. The van der Waals surface area contributed by atoms with Gasteiger partial charge in [0.05, 0.1) is 14.2 Å². The third-order valence-electron chi connectivity index (χ3n) is 2.95. The molecule has 0 unspecified atom stereocenters. The van der Waals surface area contributed by atoms with E-state index in [1.807, 2.05) is 0 Å². The number of nitrogens with two attached hydrogens (primary N) is 1. The summed E-state index contributed by atoms with van der Waals surface area (Å²) in [5.74, 6) is -1.50. The van der Waals surface area contributed by atoms with Crippen LogP contribution in [0.2, 0.25) is 0 Å². The molecule has 0 radical (unpaired) electrons. The van der Waals surface area contributed by atoms with Crippen molar-refractivity contribution in [3.05, 3.63) is 0 Å². The standard InChI is InChI=1S/C14H26N2O6/c1-13(2,3)22-12(19)16-8-6-7-14(9-15,10(17)20-4)11(18)21-5/h6-9,15H2,1-5H3,(H,16,19). The summed E-state index contributed by atoms with van der Waals surface area (Å²) in [4.78, 5) is 35.2. The third kappa shape index (κ3) is 5.88. The monoisotopic (exact) mass is 318 g/mol. The van der Waals surface area contributed by atoms with Crippen molar-refractivity contribution < 1.29 is 28.6 Å². The van der Waals surface area contributed by atoms with Gasteiger partial charge in [-0.3, -0.25) is 9.59 Å². The normalized spacial score (nSPS) is 11.5. The third-order valence-corrected chi connectivity index (χ3v) is 2.95. The van der Waals surface area contributed by atoms with E-state index in [0.717, 1.165) is 0 Å². The maximum atomic E-state index is 11.9. The predicted molar refractivity (Wildman–Crippen MR) is 79.0 cm³/mol. The number of methoxy groups -OCH3 is 2. The molecule has 128 valence electrons. The van der Waals surface area contributed by atoms with E-state index >= 15 is 0 Å². The summed E-state index contributed by atoms with van der Waals surface area (Å²) in [6.45, 7) is 5.24. The molecule has 0 bridgehead atoms. The zero-order valence-electron chi connectivity index (χ0n) is 13.9. The quantitative estimate of drug-likeness (QED) is 0.305. The van der Waals surface area contributed by atoms with E-state index < -0.39 is 29.0 Å². The number of carbonyl (C=O) groups excluding carboxylic acids is 3. The van der Waals surface area contributed by atoms with E-state index in [1.54, 1.807) is 20.8 Å². The van der Waals surface area contributed by atoms with Gasteiger partial charge in [-0.05, 0) is 33.6 Å². The zero-order valence-corrected chi connectivity index (χ0v) is 13.9. The Morgan fingerprint density at radius 1 is 1.05 bits per heavy atom.